The van der Waals surface area contributed by atoms with Crippen LogP contribution in [0.4, 0.5) is 0 Å². The second-order valence-electron chi connectivity index (χ2n) is 6.41. The molecule has 2 aliphatic rings. The molecule has 3 heterocycles. The number of carboxylic acid groups (broad SMARTS) is 1. The van der Waals surface area contributed by atoms with Gasteiger partial charge in [0.05, 0.1) is 11.6 Å². The van der Waals surface area contributed by atoms with Crippen LogP contribution >= 0.6 is 0 Å². The maximum atomic E-state index is 12.7. The molecule has 2 fully saturated rings. The zero-order chi connectivity index (χ0) is 17.6. The minimum Gasteiger partial charge on any atom is -0.481 e. The molecule has 8 heteroatoms. The second-order valence-corrected chi connectivity index (χ2v) is 6.41. The highest BCUT2D eigenvalue weighted by atomic mass is 16.4. The van der Waals surface area contributed by atoms with Crippen LogP contribution in [0.15, 0.2) is 42.7 Å². The predicted molar refractivity (Wildman–Crippen MR) is 86.0 cm³/mol. The number of carbonyl (C=O) groups excluding carboxylic acids is 2. The normalized spacial score (nSPS) is 24.9. The molecule has 2 amide bonds. The number of carbonyl (C=O) groups is 3. The second kappa shape index (κ2) is 5.44. The van der Waals surface area contributed by atoms with Crippen molar-refractivity contribution < 1.29 is 19.5 Å². The third-order valence-corrected chi connectivity index (χ3v) is 5.03. The molecule has 2 aliphatic heterocycles. The SMILES string of the molecule is O=C1NC[C@]2(C(=O)O)CN(C(=O)c3ccc(-n4cccn4)cc3)C[C@H]12. The molecule has 25 heavy (non-hydrogen) atoms. The standard InChI is InChI=1S/C17H16N4O4/c22-14-13-8-20(10-17(13,9-18-14)16(24)25)15(23)11-2-4-12(5-3-11)21-7-1-6-19-21/h1-7,13H,8-10H2,(H,18,22)(H,24,25)/t13-,17+/m1/s1. The molecule has 2 aromatic rings. The van der Waals surface area contributed by atoms with Crippen LogP contribution < -0.4 is 5.32 Å². The van der Waals surface area contributed by atoms with Gasteiger partial charge >= 0.3 is 5.97 Å². The molecule has 0 bridgehead atoms. The number of aromatic nitrogens is 2. The van der Waals surface area contributed by atoms with E-state index < -0.39 is 17.3 Å². The molecule has 0 unspecified atom stereocenters. The van der Waals surface area contributed by atoms with Crippen LogP contribution in [-0.2, 0) is 9.59 Å². The Morgan fingerprint density at radius 3 is 2.64 bits per heavy atom. The number of amides is 2. The molecule has 2 atom stereocenters. The van der Waals surface area contributed by atoms with Gasteiger partial charge in [-0.2, -0.15) is 5.10 Å². The molecular weight excluding hydrogens is 324 g/mol. The highest BCUT2D eigenvalue weighted by molar-refractivity contribution is 5.98. The molecule has 1 aromatic carbocycles. The lowest BCUT2D eigenvalue weighted by molar-refractivity contribution is -0.149. The summed E-state index contributed by atoms with van der Waals surface area (Å²) in [5.41, 5.74) is 0.0555. The summed E-state index contributed by atoms with van der Waals surface area (Å²) in [6.07, 6.45) is 3.46. The van der Waals surface area contributed by atoms with Gasteiger partial charge in [0.15, 0.2) is 0 Å². The molecular formula is C17H16N4O4. The van der Waals surface area contributed by atoms with Crippen molar-refractivity contribution in [2.45, 2.75) is 0 Å². The van der Waals surface area contributed by atoms with Crippen molar-refractivity contribution in [3.8, 4) is 5.69 Å². The van der Waals surface area contributed by atoms with Crippen LogP contribution in [0.2, 0.25) is 0 Å². The fourth-order valence-electron chi connectivity index (χ4n) is 3.60. The van der Waals surface area contributed by atoms with Gasteiger partial charge in [0, 0.05) is 37.6 Å². The maximum absolute atomic E-state index is 12.7. The van der Waals surface area contributed by atoms with Crippen LogP contribution in [0.1, 0.15) is 10.4 Å². The summed E-state index contributed by atoms with van der Waals surface area (Å²) in [5, 5.41) is 16.3. The number of hydrogen-bond donors (Lipinski definition) is 2. The average Bonchev–Trinajstić information content (AvgIpc) is 3.32. The number of nitrogens with zero attached hydrogens (tertiary/aromatic N) is 3. The summed E-state index contributed by atoms with van der Waals surface area (Å²) < 4.78 is 1.68. The van der Waals surface area contributed by atoms with E-state index in [1.807, 2.05) is 0 Å². The van der Waals surface area contributed by atoms with Gasteiger partial charge in [-0.15, -0.1) is 0 Å². The van der Waals surface area contributed by atoms with E-state index in [1.165, 1.54) is 4.90 Å². The maximum Gasteiger partial charge on any atom is 0.314 e. The van der Waals surface area contributed by atoms with E-state index in [4.69, 9.17) is 0 Å². The van der Waals surface area contributed by atoms with Crippen molar-refractivity contribution in [2.24, 2.45) is 11.3 Å². The highest BCUT2D eigenvalue weighted by Crippen LogP contribution is 2.40. The minimum atomic E-state index is -1.22. The topological polar surface area (TPSA) is 105 Å². The first kappa shape index (κ1) is 15.4. The van der Waals surface area contributed by atoms with Crippen molar-refractivity contribution in [1.29, 1.82) is 0 Å². The molecule has 0 saturated carbocycles. The zero-order valence-corrected chi connectivity index (χ0v) is 13.3. The van der Waals surface area contributed by atoms with Gasteiger partial charge in [-0.25, -0.2) is 4.68 Å². The van der Waals surface area contributed by atoms with E-state index in [0.717, 1.165) is 5.69 Å². The van der Waals surface area contributed by atoms with Gasteiger partial charge < -0.3 is 15.3 Å². The first-order valence-electron chi connectivity index (χ1n) is 7.92. The van der Waals surface area contributed by atoms with Crippen molar-refractivity contribution >= 4 is 17.8 Å². The summed E-state index contributed by atoms with van der Waals surface area (Å²) in [6, 6.07) is 8.72. The van der Waals surface area contributed by atoms with E-state index in [0.29, 0.717) is 5.56 Å². The van der Waals surface area contributed by atoms with Gasteiger partial charge in [-0.3, -0.25) is 14.4 Å². The molecule has 1 aromatic heterocycles. The van der Waals surface area contributed by atoms with Crippen molar-refractivity contribution in [2.75, 3.05) is 19.6 Å². The van der Waals surface area contributed by atoms with E-state index in [9.17, 15) is 19.5 Å². The van der Waals surface area contributed by atoms with Crippen molar-refractivity contribution in [3.05, 3.63) is 48.3 Å². The van der Waals surface area contributed by atoms with Gasteiger partial charge in [0.25, 0.3) is 5.91 Å². The van der Waals surface area contributed by atoms with Crippen molar-refractivity contribution in [3.63, 3.8) is 0 Å². The minimum absolute atomic E-state index is 0.0332. The largest absolute Gasteiger partial charge is 0.481 e. The smallest absolute Gasteiger partial charge is 0.314 e. The van der Waals surface area contributed by atoms with Crippen LogP contribution in [0.5, 0.6) is 0 Å². The average molecular weight is 340 g/mol. The highest BCUT2D eigenvalue weighted by Gasteiger charge is 2.60. The fraction of sp³-hybridized carbons (Fsp3) is 0.294. The monoisotopic (exact) mass is 340 g/mol. The summed E-state index contributed by atoms with van der Waals surface area (Å²) in [6.45, 7) is 0.219. The molecule has 2 N–H and O–H groups in total. The van der Waals surface area contributed by atoms with Gasteiger partial charge in [-0.1, -0.05) is 0 Å². The Labute approximate surface area is 143 Å². The Kier molecular flexibility index (Phi) is 3.34. The van der Waals surface area contributed by atoms with Crippen LogP contribution in [0.25, 0.3) is 5.69 Å². The van der Waals surface area contributed by atoms with Crippen LogP contribution in [0.3, 0.4) is 0 Å². The van der Waals surface area contributed by atoms with E-state index in [-0.39, 0.29) is 31.4 Å². The number of likely N-dealkylation sites (tertiary alicyclic amines) is 1. The lowest BCUT2D eigenvalue weighted by Gasteiger charge is -2.22. The van der Waals surface area contributed by atoms with Gasteiger partial charge in [0.1, 0.15) is 5.41 Å². The van der Waals surface area contributed by atoms with Gasteiger partial charge in [0.2, 0.25) is 5.91 Å². The van der Waals surface area contributed by atoms with Crippen LogP contribution in [-0.4, -0.2) is 57.2 Å². The third kappa shape index (κ3) is 2.29. The third-order valence-electron chi connectivity index (χ3n) is 5.03. The predicted octanol–water partition coefficient (Wildman–Crippen LogP) is 0.145. The number of carboxylic acids is 1. The van der Waals surface area contributed by atoms with Crippen LogP contribution in [0, 0.1) is 11.3 Å². The number of benzene rings is 1. The molecule has 128 valence electrons. The van der Waals surface area contributed by atoms with Crippen molar-refractivity contribution in [1.82, 2.24) is 20.0 Å². The van der Waals surface area contributed by atoms with E-state index in [2.05, 4.69) is 10.4 Å². The van der Waals surface area contributed by atoms with E-state index >= 15 is 0 Å². The molecule has 8 nitrogen and oxygen atoms in total. The first-order valence-corrected chi connectivity index (χ1v) is 7.92. The Balaban J connectivity index is 1.56. The fourth-order valence-corrected chi connectivity index (χ4v) is 3.60. The summed E-state index contributed by atoms with van der Waals surface area (Å²) in [5.74, 6) is -2.31. The summed E-state index contributed by atoms with van der Waals surface area (Å²) >= 11 is 0. The molecule has 0 radical (unpaired) electrons. The number of rotatable bonds is 3. The number of hydrogen-bond acceptors (Lipinski definition) is 4. The Morgan fingerprint density at radius 1 is 1.28 bits per heavy atom. The molecule has 0 spiro atoms. The zero-order valence-electron chi connectivity index (χ0n) is 13.3. The lowest BCUT2D eigenvalue weighted by Crippen LogP contribution is -2.41. The molecule has 0 aliphatic carbocycles. The Bertz CT molecular complexity index is 846. The summed E-state index contributed by atoms with van der Waals surface area (Å²) in [7, 11) is 0. The van der Waals surface area contributed by atoms with Gasteiger partial charge in [-0.05, 0) is 30.3 Å². The Hall–Kier alpha value is -3.16. The number of nitrogens with one attached hydrogen (secondary N) is 1. The van der Waals surface area contributed by atoms with E-state index in [1.54, 1.807) is 47.4 Å². The molecule has 2 saturated heterocycles. The molecule has 4 rings (SSSR count). The first-order chi connectivity index (χ1) is 12.0. The number of aliphatic carboxylic acids is 1. The summed E-state index contributed by atoms with van der Waals surface area (Å²) in [4.78, 5) is 37.8. The quantitative estimate of drug-likeness (QED) is 0.827. The lowest BCUT2D eigenvalue weighted by atomic mass is 9.81. The number of fused-ring (bicyclic) bond motifs is 1. The Morgan fingerprint density at radius 2 is 2.04 bits per heavy atom.